The van der Waals surface area contributed by atoms with Crippen LogP contribution in [0, 0.1) is 0 Å². The summed E-state index contributed by atoms with van der Waals surface area (Å²) >= 11 is 23.7. The van der Waals surface area contributed by atoms with Crippen LogP contribution in [0.2, 0.25) is 20.1 Å². The molecule has 0 radical (unpaired) electrons. The number of halogens is 4. The summed E-state index contributed by atoms with van der Waals surface area (Å²) in [5.74, 6) is -0.584. The third-order valence-corrected chi connectivity index (χ3v) is 6.38. The zero-order valence-corrected chi connectivity index (χ0v) is 18.3. The van der Waals surface area contributed by atoms with Crippen molar-refractivity contribution in [2.45, 2.75) is 4.90 Å². The molecule has 0 aromatic heterocycles. The van der Waals surface area contributed by atoms with E-state index < -0.39 is 15.9 Å². The molecule has 0 unspecified atom stereocenters. The Morgan fingerprint density at radius 1 is 0.759 bits per heavy atom. The highest BCUT2D eigenvalue weighted by atomic mass is 35.5. The van der Waals surface area contributed by atoms with Gasteiger partial charge in [0.05, 0.1) is 26.2 Å². The molecule has 0 aliphatic carbocycles. The fourth-order valence-corrected chi connectivity index (χ4v) is 4.02. The first-order valence-electron chi connectivity index (χ1n) is 8.00. The topological polar surface area (TPSA) is 75.3 Å². The SMILES string of the molecule is O=C(Nc1ccc(Cl)cc1)c1cc(Cl)c(Cl)cc1NS(=O)(=O)c1ccc(Cl)cc1. The Bertz CT molecular complexity index is 1170. The normalized spacial score (nSPS) is 11.2. The van der Waals surface area contributed by atoms with E-state index in [2.05, 4.69) is 10.0 Å². The third kappa shape index (κ3) is 5.35. The molecule has 3 aromatic carbocycles. The van der Waals surface area contributed by atoms with Gasteiger partial charge in [0.2, 0.25) is 0 Å². The predicted octanol–water partition coefficient (Wildman–Crippen LogP) is 6.35. The Morgan fingerprint density at radius 2 is 1.28 bits per heavy atom. The van der Waals surface area contributed by atoms with E-state index in [1.807, 2.05) is 0 Å². The van der Waals surface area contributed by atoms with Crippen molar-refractivity contribution in [3.63, 3.8) is 0 Å². The van der Waals surface area contributed by atoms with E-state index in [0.717, 1.165) is 0 Å². The predicted molar refractivity (Wildman–Crippen MR) is 118 cm³/mol. The minimum atomic E-state index is -4.00. The average Bonchev–Trinajstić information content (AvgIpc) is 2.66. The minimum absolute atomic E-state index is 0.00751. The van der Waals surface area contributed by atoms with E-state index in [9.17, 15) is 13.2 Å². The van der Waals surface area contributed by atoms with Crippen LogP contribution in [-0.4, -0.2) is 14.3 Å². The van der Waals surface area contributed by atoms with Crippen molar-refractivity contribution < 1.29 is 13.2 Å². The van der Waals surface area contributed by atoms with Gasteiger partial charge in [-0.1, -0.05) is 46.4 Å². The zero-order chi connectivity index (χ0) is 21.2. The molecule has 0 aliphatic rings. The maximum atomic E-state index is 12.8. The van der Waals surface area contributed by atoms with Crippen LogP contribution < -0.4 is 10.0 Å². The number of benzene rings is 3. The number of anilines is 2. The van der Waals surface area contributed by atoms with Crippen LogP contribution in [0.25, 0.3) is 0 Å². The number of hydrogen-bond donors (Lipinski definition) is 2. The van der Waals surface area contributed by atoms with Crippen molar-refractivity contribution in [2.24, 2.45) is 0 Å². The van der Waals surface area contributed by atoms with Crippen LogP contribution in [0.4, 0.5) is 11.4 Å². The van der Waals surface area contributed by atoms with Gasteiger partial charge in [0.25, 0.3) is 15.9 Å². The molecule has 0 aliphatic heterocycles. The number of carbonyl (C=O) groups is 1. The van der Waals surface area contributed by atoms with Crippen molar-refractivity contribution >= 4 is 73.7 Å². The lowest BCUT2D eigenvalue weighted by Gasteiger charge is -2.14. The average molecular weight is 490 g/mol. The van der Waals surface area contributed by atoms with Crippen LogP contribution >= 0.6 is 46.4 Å². The molecule has 0 heterocycles. The molecule has 3 rings (SSSR count). The summed E-state index contributed by atoms with van der Waals surface area (Å²) in [5.41, 5.74) is 0.435. The van der Waals surface area contributed by atoms with Gasteiger partial charge in [0, 0.05) is 15.7 Å². The van der Waals surface area contributed by atoms with E-state index in [-0.39, 0.29) is 26.2 Å². The smallest absolute Gasteiger partial charge is 0.261 e. The van der Waals surface area contributed by atoms with E-state index in [1.54, 1.807) is 24.3 Å². The highest BCUT2D eigenvalue weighted by molar-refractivity contribution is 7.92. The molecule has 150 valence electrons. The summed E-state index contributed by atoms with van der Waals surface area (Å²) in [7, 11) is -4.00. The summed E-state index contributed by atoms with van der Waals surface area (Å²) in [6.07, 6.45) is 0. The number of carbonyl (C=O) groups excluding carboxylic acids is 1. The lowest BCUT2D eigenvalue weighted by molar-refractivity contribution is 0.102. The highest BCUT2D eigenvalue weighted by Crippen LogP contribution is 2.31. The van der Waals surface area contributed by atoms with Crippen LogP contribution in [0.1, 0.15) is 10.4 Å². The Hall–Kier alpha value is -1.96. The summed E-state index contributed by atoms with van der Waals surface area (Å²) in [5, 5.41) is 3.74. The lowest BCUT2D eigenvalue weighted by atomic mass is 10.1. The van der Waals surface area contributed by atoms with Crippen molar-refractivity contribution in [3.05, 3.63) is 86.3 Å². The van der Waals surface area contributed by atoms with Crippen molar-refractivity contribution in [3.8, 4) is 0 Å². The van der Waals surface area contributed by atoms with E-state index in [1.165, 1.54) is 36.4 Å². The largest absolute Gasteiger partial charge is 0.322 e. The summed E-state index contributed by atoms with van der Waals surface area (Å²) in [6, 6.07) is 14.6. The van der Waals surface area contributed by atoms with Crippen LogP contribution in [-0.2, 0) is 10.0 Å². The molecule has 10 heteroatoms. The summed E-state index contributed by atoms with van der Waals surface area (Å²) < 4.78 is 27.8. The molecule has 3 aromatic rings. The van der Waals surface area contributed by atoms with Gasteiger partial charge in [0.1, 0.15) is 0 Å². The minimum Gasteiger partial charge on any atom is -0.322 e. The van der Waals surface area contributed by atoms with Crippen LogP contribution in [0.5, 0.6) is 0 Å². The number of hydrogen-bond acceptors (Lipinski definition) is 3. The Kier molecular flexibility index (Phi) is 6.61. The molecular weight excluding hydrogens is 478 g/mol. The Balaban J connectivity index is 1.96. The summed E-state index contributed by atoms with van der Waals surface area (Å²) in [6.45, 7) is 0. The number of rotatable bonds is 5. The van der Waals surface area contributed by atoms with Gasteiger partial charge < -0.3 is 5.32 Å². The van der Waals surface area contributed by atoms with E-state index in [0.29, 0.717) is 15.7 Å². The zero-order valence-electron chi connectivity index (χ0n) is 14.4. The fourth-order valence-electron chi connectivity index (χ4n) is 2.37. The quantitative estimate of drug-likeness (QED) is 0.438. The van der Waals surface area contributed by atoms with Gasteiger partial charge in [-0.3, -0.25) is 9.52 Å². The molecule has 2 N–H and O–H groups in total. The third-order valence-electron chi connectivity index (χ3n) is 3.78. The molecule has 0 saturated heterocycles. The van der Waals surface area contributed by atoms with Gasteiger partial charge in [-0.25, -0.2) is 8.42 Å². The van der Waals surface area contributed by atoms with Gasteiger partial charge in [-0.2, -0.15) is 0 Å². The van der Waals surface area contributed by atoms with Crippen LogP contribution in [0.3, 0.4) is 0 Å². The van der Waals surface area contributed by atoms with Gasteiger partial charge in [-0.05, 0) is 60.7 Å². The fraction of sp³-hybridized carbons (Fsp3) is 0. The Morgan fingerprint density at radius 3 is 1.86 bits per heavy atom. The molecule has 0 bridgehead atoms. The molecule has 1 amide bonds. The molecule has 0 spiro atoms. The van der Waals surface area contributed by atoms with Gasteiger partial charge >= 0.3 is 0 Å². The van der Waals surface area contributed by atoms with E-state index in [4.69, 9.17) is 46.4 Å². The van der Waals surface area contributed by atoms with Crippen molar-refractivity contribution in [1.82, 2.24) is 0 Å². The number of sulfonamides is 1. The molecule has 5 nitrogen and oxygen atoms in total. The second-order valence-electron chi connectivity index (χ2n) is 5.83. The molecule has 0 fully saturated rings. The monoisotopic (exact) mass is 488 g/mol. The molecule has 0 atom stereocenters. The molecule has 29 heavy (non-hydrogen) atoms. The van der Waals surface area contributed by atoms with Gasteiger partial charge in [0.15, 0.2) is 0 Å². The van der Waals surface area contributed by atoms with Gasteiger partial charge in [-0.15, -0.1) is 0 Å². The Labute approximate surface area is 187 Å². The molecular formula is C19H12Cl4N2O3S. The van der Waals surface area contributed by atoms with Crippen molar-refractivity contribution in [1.29, 1.82) is 0 Å². The first-order chi connectivity index (χ1) is 13.7. The maximum Gasteiger partial charge on any atom is 0.261 e. The summed E-state index contributed by atoms with van der Waals surface area (Å²) in [4.78, 5) is 12.7. The second-order valence-corrected chi connectivity index (χ2v) is 9.20. The highest BCUT2D eigenvalue weighted by Gasteiger charge is 2.21. The number of nitrogens with one attached hydrogen (secondary N) is 2. The van der Waals surface area contributed by atoms with Crippen LogP contribution in [0.15, 0.2) is 65.6 Å². The second kappa shape index (κ2) is 8.81. The number of amides is 1. The first-order valence-corrected chi connectivity index (χ1v) is 11.0. The van der Waals surface area contributed by atoms with E-state index >= 15 is 0 Å². The van der Waals surface area contributed by atoms with Crippen molar-refractivity contribution in [2.75, 3.05) is 10.0 Å². The lowest BCUT2D eigenvalue weighted by Crippen LogP contribution is -2.19. The maximum absolute atomic E-state index is 12.8. The first kappa shape index (κ1) is 21.7. The standard InChI is InChI=1S/C19H12Cl4N2O3S/c20-11-1-5-13(6-2-11)24-19(26)15-9-16(22)17(23)10-18(15)25-29(27,28)14-7-3-12(21)4-8-14/h1-10,25H,(H,24,26). The molecule has 0 saturated carbocycles.